The minimum Gasteiger partial charge on any atom is -0.496 e. The Labute approximate surface area is 110 Å². The van der Waals surface area contributed by atoms with Crippen LogP contribution in [0.4, 0.5) is 0 Å². The third-order valence-corrected chi connectivity index (χ3v) is 4.07. The summed E-state index contributed by atoms with van der Waals surface area (Å²) >= 11 is 0. The van der Waals surface area contributed by atoms with Gasteiger partial charge < -0.3 is 9.84 Å². The van der Waals surface area contributed by atoms with Crippen LogP contribution in [-0.2, 0) is 5.60 Å². The summed E-state index contributed by atoms with van der Waals surface area (Å²) in [5.74, 6) is 1.33. The number of methoxy groups -OCH3 is 1. The van der Waals surface area contributed by atoms with E-state index in [4.69, 9.17) is 4.74 Å². The Morgan fingerprint density at radius 1 is 1.17 bits per heavy atom. The Hall–Kier alpha value is -1.02. The molecule has 0 unspecified atom stereocenters. The average Bonchev–Trinajstić information content (AvgIpc) is 2.38. The number of rotatable bonds is 3. The van der Waals surface area contributed by atoms with Gasteiger partial charge in [-0.15, -0.1) is 0 Å². The molecule has 0 radical (unpaired) electrons. The molecule has 0 aromatic heterocycles. The van der Waals surface area contributed by atoms with E-state index in [-0.39, 0.29) is 0 Å². The Morgan fingerprint density at radius 3 is 2.39 bits per heavy atom. The lowest BCUT2D eigenvalue weighted by atomic mass is 9.79. The highest BCUT2D eigenvalue weighted by Gasteiger charge is 2.31. The highest BCUT2D eigenvalue weighted by Crippen LogP contribution is 2.39. The van der Waals surface area contributed by atoms with Crippen LogP contribution in [0.25, 0.3) is 0 Å². The Morgan fingerprint density at radius 2 is 1.83 bits per heavy atom. The maximum absolute atomic E-state index is 10.8. The van der Waals surface area contributed by atoms with Crippen LogP contribution in [0.1, 0.15) is 63.0 Å². The van der Waals surface area contributed by atoms with Crippen molar-refractivity contribution in [3.63, 3.8) is 0 Å². The van der Waals surface area contributed by atoms with Crippen LogP contribution in [0, 0.1) is 0 Å². The van der Waals surface area contributed by atoms with Crippen molar-refractivity contribution in [2.24, 2.45) is 0 Å². The number of benzene rings is 1. The molecule has 0 bridgehead atoms. The quantitative estimate of drug-likeness (QED) is 0.877. The molecule has 2 rings (SSSR count). The van der Waals surface area contributed by atoms with E-state index in [1.165, 1.54) is 12.0 Å². The SMILES string of the molecule is COc1ccc(C2(O)CCCCC2)cc1C(C)C. The van der Waals surface area contributed by atoms with Gasteiger partial charge in [-0.2, -0.15) is 0 Å². The van der Waals surface area contributed by atoms with Gasteiger partial charge in [-0.05, 0) is 42.0 Å². The molecule has 0 heterocycles. The summed E-state index contributed by atoms with van der Waals surface area (Å²) in [6.45, 7) is 4.32. The molecule has 18 heavy (non-hydrogen) atoms. The highest BCUT2D eigenvalue weighted by atomic mass is 16.5. The lowest BCUT2D eigenvalue weighted by Crippen LogP contribution is -2.28. The second kappa shape index (κ2) is 5.31. The first kappa shape index (κ1) is 13.4. The van der Waals surface area contributed by atoms with Crippen molar-refractivity contribution in [2.75, 3.05) is 7.11 Å². The summed E-state index contributed by atoms with van der Waals surface area (Å²) in [5.41, 5.74) is 1.63. The fourth-order valence-corrected chi connectivity index (χ4v) is 2.90. The van der Waals surface area contributed by atoms with E-state index in [1.54, 1.807) is 7.11 Å². The largest absolute Gasteiger partial charge is 0.496 e. The number of hydrogen-bond donors (Lipinski definition) is 1. The second-order valence-corrected chi connectivity index (χ2v) is 5.70. The minimum absolute atomic E-state index is 0.409. The molecular weight excluding hydrogens is 224 g/mol. The van der Waals surface area contributed by atoms with Crippen molar-refractivity contribution in [1.82, 2.24) is 0 Å². The zero-order chi connectivity index (χ0) is 13.2. The van der Waals surface area contributed by atoms with E-state index in [2.05, 4.69) is 19.9 Å². The summed E-state index contributed by atoms with van der Waals surface area (Å²) in [6.07, 6.45) is 5.27. The summed E-state index contributed by atoms with van der Waals surface area (Å²) in [5, 5.41) is 10.8. The van der Waals surface area contributed by atoms with E-state index in [9.17, 15) is 5.11 Å². The Kier molecular flexibility index (Phi) is 3.96. The summed E-state index contributed by atoms with van der Waals surface area (Å²) in [7, 11) is 1.70. The molecule has 2 nitrogen and oxygen atoms in total. The van der Waals surface area contributed by atoms with Crippen molar-refractivity contribution in [3.8, 4) is 5.75 Å². The Balaban J connectivity index is 2.36. The van der Waals surface area contributed by atoms with Crippen LogP contribution < -0.4 is 4.74 Å². The molecule has 0 spiro atoms. The first-order valence-electron chi connectivity index (χ1n) is 6.97. The van der Waals surface area contributed by atoms with Crippen molar-refractivity contribution < 1.29 is 9.84 Å². The van der Waals surface area contributed by atoms with Gasteiger partial charge in [0.1, 0.15) is 5.75 Å². The van der Waals surface area contributed by atoms with E-state index < -0.39 is 5.60 Å². The fraction of sp³-hybridized carbons (Fsp3) is 0.625. The van der Waals surface area contributed by atoms with Gasteiger partial charge in [0, 0.05) is 0 Å². The summed E-state index contributed by atoms with van der Waals surface area (Å²) in [4.78, 5) is 0. The normalized spacial score (nSPS) is 18.9. The van der Waals surface area contributed by atoms with Crippen LogP contribution in [0.2, 0.25) is 0 Å². The Bertz CT molecular complexity index is 404. The third kappa shape index (κ3) is 2.54. The number of ether oxygens (including phenoxy) is 1. The zero-order valence-corrected chi connectivity index (χ0v) is 11.7. The van der Waals surface area contributed by atoms with E-state index in [0.717, 1.165) is 37.0 Å². The average molecular weight is 248 g/mol. The zero-order valence-electron chi connectivity index (χ0n) is 11.7. The smallest absolute Gasteiger partial charge is 0.122 e. The maximum atomic E-state index is 10.8. The molecule has 1 saturated carbocycles. The van der Waals surface area contributed by atoms with Crippen LogP contribution in [-0.4, -0.2) is 12.2 Å². The van der Waals surface area contributed by atoms with Crippen molar-refractivity contribution in [3.05, 3.63) is 29.3 Å². The van der Waals surface area contributed by atoms with E-state index in [0.29, 0.717) is 5.92 Å². The van der Waals surface area contributed by atoms with Gasteiger partial charge in [-0.1, -0.05) is 39.2 Å². The third-order valence-electron chi connectivity index (χ3n) is 4.07. The maximum Gasteiger partial charge on any atom is 0.122 e. The lowest BCUT2D eigenvalue weighted by Gasteiger charge is -2.33. The molecular formula is C16H24O2. The van der Waals surface area contributed by atoms with Crippen molar-refractivity contribution >= 4 is 0 Å². The van der Waals surface area contributed by atoms with Gasteiger partial charge in [0.2, 0.25) is 0 Å². The van der Waals surface area contributed by atoms with Gasteiger partial charge in [0.05, 0.1) is 12.7 Å². The highest BCUT2D eigenvalue weighted by molar-refractivity contribution is 5.41. The fourth-order valence-electron chi connectivity index (χ4n) is 2.90. The molecule has 1 aliphatic rings. The van der Waals surface area contributed by atoms with Crippen LogP contribution >= 0.6 is 0 Å². The lowest BCUT2D eigenvalue weighted by molar-refractivity contribution is -0.000735. The molecule has 100 valence electrons. The van der Waals surface area contributed by atoms with E-state index in [1.807, 2.05) is 12.1 Å². The summed E-state index contributed by atoms with van der Waals surface area (Å²) < 4.78 is 5.40. The van der Waals surface area contributed by atoms with Crippen LogP contribution in [0.3, 0.4) is 0 Å². The van der Waals surface area contributed by atoms with Gasteiger partial charge in [-0.25, -0.2) is 0 Å². The standard InChI is InChI=1S/C16H24O2/c1-12(2)14-11-13(7-8-15(14)18-3)16(17)9-5-4-6-10-16/h7-8,11-12,17H,4-6,9-10H2,1-3H3. The monoisotopic (exact) mass is 248 g/mol. The predicted molar refractivity (Wildman–Crippen MR) is 74.1 cm³/mol. The van der Waals surface area contributed by atoms with E-state index >= 15 is 0 Å². The molecule has 1 N–H and O–H groups in total. The molecule has 0 saturated heterocycles. The summed E-state index contributed by atoms with van der Waals surface area (Å²) in [6, 6.07) is 6.15. The molecule has 0 amide bonds. The predicted octanol–water partition coefficient (Wildman–Crippen LogP) is 3.97. The first-order valence-corrected chi connectivity index (χ1v) is 6.97. The van der Waals surface area contributed by atoms with Crippen LogP contribution in [0.5, 0.6) is 5.75 Å². The number of hydrogen-bond acceptors (Lipinski definition) is 2. The molecule has 1 fully saturated rings. The molecule has 1 aliphatic carbocycles. The minimum atomic E-state index is -0.617. The number of aliphatic hydroxyl groups is 1. The van der Waals surface area contributed by atoms with Crippen LogP contribution in [0.15, 0.2) is 18.2 Å². The first-order chi connectivity index (χ1) is 8.57. The van der Waals surface area contributed by atoms with Gasteiger partial charge in [-0.3, -0.25) is 0 Å². The molecule has 2 heteroatoms. The van der Waals surface area contributed by atoms with Crippen molar-refractivity contribution in [1.29, 1.82) is 0 Å². The molecule has 1 aromatic carbocycles. The molecule has 1 aromatic rings. The topological polar surface area (TPSA) is 29.5 Å². The second-order valence-electron chi connectivity index (χ2n) is 5.70. The molecule has 0 atom stereocenters. The van der Waals surface area contributed by atoms with Crippen molar-refractivity contribution in [2.45, 2.75) is 57.5 Å². The molecule has 0 aliphatic heterocycles. The van der Waals surface area contributed by atoms with Gasteiger partial charge in [0.15, 0.2) is 0 Å². The van der Waals surface area contributed by atoms with Gasteiger partial charge >= 0.3 is 0 Å². The van der Waals surface area contributed by atoms with Gasteiger partial charge in [0.25, 0.3) is 0 Å².